The first kappa shape index (κ1) is 15.4. The number of hydrogen-bond donors (Lipinski definition) is 2. The predicted molar refractivity (Wildman–Crippen MR) is 77.2 cm³/mol. The molecule has 2 aromatic carbocycles. The van der Waals surface area contributed by atoms with E-state index in [9.17, 15) is 17.2 Å². The van der Waals surface area contributed by atoms with Crippen LogP contribution in [0.5, 0.6) is 0 Å². The molecule has 2 rings (SSSR count). The lowest BCUT2D eigenvalue weighted by Crippen LogP contribution is -2.13. The van der Waals surface area contributed by atoms with E-state index in [2.05, 4.69) is 5.32 Å². The third-order valence-electron chi connectivity index (χ3n) is 2.87. The van der Waals surface area contributed by atoms with Crippen LogP contribution in [0.1, 0.15) is 5.56 Å². The van der Waals surface area contributed by atoms with Gasteiger partial charge in [-0.2, -0.15) is 8.78 Å². The van der Waals surface area contributed by atoms with E-state index in [1.54, 1.807) is 24.3 Å². The summed E-state index contributed by atoms with van der Waals surface area (Å²) in [7, 11) is -4.66. The van der Waals surface area contributed by atoms with Gasteiger partial charge >= 0.3 is 5.76 Å². The van der Waals surface area contributed by atoms with Crippen molar-refractivity contribution in [1.29, 1.82) is 0 Å². The van der Waals surface area contributed by atoms with Crippen LogP contribution >= 0.6 is 0 Å². The molecule has 0 aliphatic rings. The third-order valence-corrected chi connectivity index (χ3v) is 4.31. The van der Waals surface area contributed by atoms with E-state index >= 15 is 0 Å². The van der Waals surface area contributed by atoms with Crippen LogP contribution in [0.25, 0.3) is 0 Å². The Morgan fingerprint density at radius 2 is 1.81 bits per heavy atom. The van der Waals surface area contributed by atoms with Gasteiger partial charge in [-0.1, -0.05) is 24.3 Å². The van der Waals surface area contributed by atoms with Gasteiger partial charge < -0.3 is 11.1 Å². The fourth-order valence-electron chi connectivity index (χ4n) is 1.85. The Balaban J connectivity index is 2.41. The van der Waals surface area contributed by atoms with E-state index in [-0.39, 0.29) is 5.69 Å². The minimum absolute atomic E-state index is 0.104. The molecule has 0 aliphatic carbocycles. The second-order valence-corrected chi connectivity index (χ2v) is 6.22. The van der Waals surface area contributed by atoms with E-state index < -0.39 is 20.5 Å². The van der Waals surface area contributed by atoms with E-state index in [0.717, 1.165) is 11.6 Å². The number of anilines is 2. The highest BCUT2D eigenvalue weighted by atomic mass is 32.2. The van der Waals surface area contributed by atoms with Gasteiger partial charge in [-0.15, -0.1) is 0 Å². The van der Waals surface area contributed by atoms with Crippen LogP contribution in [0, 0.1) is 0 Å². The Labute approximate surface area is 121 Å². The number of benzene rings is 2. The highest BCUT2D eigenvalue weighted by Gasteiger charge is 2.28. The summed E-state index contributed by atoms with van der Waals surface area (Å²) in [5, 5.41) is 2.84. The average Bonchev–Trinajstić information content (AvgIpc) is 2.47. The van der Waals surface area contributed by atoms with Crippen molar-refractivity contribution in [2.24, 2.45) is 5.73 Å². The van der Waals surface area contributed by atoms with Crippen molar-refractivity contribution >= 4 is 21.2 Å². The van der Waals surface area contributed by atoms with Crippen molar-refractivity contribution in [1.82, 2.24) is 0 Å². The third kappa shape index (κ3) is 3.37. The maximum absolute atomic E-state index is 12.7. The maximum atomic E-state index is 12.7. The second kappa shape index (κ2) is 6.19. The second-order valence-electron chi connectivity index (χ2n) is 4.33. The Kier molecular flexibility index (Phi) is 4.54. The van der Waals surface area contributed by atoms with Crippen molar-refractivity contribution in [2.45, 2.75) is 17.2 Å². The Hall–Kier alpha value is -1.99. The molecule has 0 saturated heterocycles. The summed E-state index contributed by atoms with van der Waals surface area (Å²) in [4.78, 5) is -0.432. The fraction of sp³-hybridized carbons (Fsp3) is 0.143. The monoisotopic (exact) mass is 312 g/mol. The van der Waals surface area contributed by atoms with Crippen LogP contribution < -0.4 is 11.1 Å². The molecule has 7 heteroatoms. The first-order chi connectivity index (χ1) is 9.95. The first-order valence-corrected chi connectivity index (χ1v) is 7.67. The molecule has 0 atom stereocenters. The average molecular weight is 312 g/mol. The van der Waals surface area contributed by atoms with Crippen LogP contribution in [-0.4, -0.2) is 14.2 Å². The Morgan fingerprint density at radius 1 is 1.10 bits per heavy atom. The number of rotatable bonds is 5. The van der Waals surface area contributed by atoms with Gasteiger partial charge in [-0.25, -0.2) is 8.42 Å². The highest BCUT2D eigenvalue weighted by Crippen LogP contribution is 2.28. The van der Waals surface area contributed by atoms with Gasteiger partial charge in [0.15, 0.2) is 0 Å². The van der Waals surface area contributed by atoms with Crippen molar-refractivity contribution in [3.63, 3.8) is 0 Å². The van der Waals surface area contributed by atoms with Crippen molar-refractivity contribution in [3.05, 3.63) is 54.1 Å². The van der Waals surface area contributed by atoms with Gasteiger partial charge in [0.25, 0.3) is 0 Å². The molecular weight excluding hydrogens is 298 g/mol. The molecule has 3 N–H and O–H groups in total. The van der Waals surface area contributed by atoms with Crippen molar-refractivity contribution < 1.29 is 17.2 Å². The van der Waals surface area contributed by atoms with Gasteiger partial charge in [-0.3, -0.25) is 0 Å². The Bertz CT molecular complexity index is 733. The SMILES string of the molecule is NCc1cccc(Nc2ccccc2S(=O)(=O)C(F)F)c1. The van der Waals surface area contributed by atoms with Gasteiger partial charge in [0.1, 0.15) is 0 Å². The standard InChI is InChI=1S/C14H14F2N2O2S/c15-14(16)21(19,20)13-7-2-1-6-12(13)18-11-5-3-4-10(8-11)9-17/h1-8,14,18H,9,17H2. The predicted octanol–water partition coefficient (Wildman–Crippen LogP) is 2.89. The zero-order valence-electron chi connectivity index (χ0n) is 11.0. The van der Waals surface area contributed by atoms with Crippen molar-refractivity contribution in [2.75, 3.05) is 5.32 Å². The summed E-state index contributed by atoms with van der Waals surface area (Å²) in [6.07, 6.45) is 0. The Morgan fingerprint density at radius 3 is 2.48 bits per heavy atom. The lowest BCUT2D eigenvalue weighted by molar-refractivity contribution is 0.235. The number of hydrogen-bond acceptors (Lipinski definition) is 4. The molecular formula is C14H14F2N2O2S. The molecule has 0 spiro atoms. The normalized spacial score (nSPS) is 11.6. The molecule has 2 aromatic rings. The van der Waals surface area contributed by atoms with Crippen molar-refractivity contribution in [3.8, 4) is 0 Å². The lowest BCUT2D eigenvalue weighted by atomic mass is 10.2. The van der Waals surface area contributed by atoms with Crippen LogP contribution in [-0.2, 0) is 16.4 Å². The van der Waals surface area contributed by atoms with E-state index in [1.807, 2.05) is 6.07 Å². The highest BCUT2D eigenvalue weighted by molar-refractivity contribution is 7.91. The molecule has 4 nitrogen and oxygen atoms in total. The number of nitrogens with two attached hydrogens (primary N) is 1. The fourth-order valence-corrected chi connectivity index (χ4v) is 2.73. The molecule has 21 heavy (non-hydrogen) atoms. The smallest absolute Gasteiger partial charge is 0.341 e. The first-order valence-electron chi connectivity index (χ1n) is 6.12. The zero-order chi connectivity index (χ0) is 15.5. The number of nitrogens with one attached hydrogen (secondary N) is 1. The maximum Gasteiger partial charge on any atom is 0.341 e. The van der Waals surface area contributed by atoms with Gasteiger partial charge in [0, 0.05) is 12.2 Å². The molecule has 112 valence electrons. The van der Waals surface area contributed by atoms with Gasteiger partial charge in [0.2, 0.25) is 9.84 Å². The molecule has 0 radical (unpaired) electrons. The number of alkyl halides is 2. The minimum atomic E-state index is -4.66. The van der Waals surface area contributed by atoms with Crippen LogP contribution in [0.2, 0.25) is 0 Å². The molecule has 0 amide bonds. The largest absolute Gasteiger partial charge is 0.354 e. The number of halogens is 2. The van der Waals surface area contributed by atoms with E-state index in [0.29, 0.717) is 12.2 Å². The summed E-state index contributed by atoms with van der Waals surface area (Å²) < 4.78 is 48.7. The lowest BCUT2D eigenvalue weighted by Gasteiger charge is -2.12. The summed E-state index contributed by atoms with van der Waals surface area (Å²) in [5.74, 6) is -3.46. The minimum Gasteiger partial charge on any atom is -0.354 e. The summed E-state index contributed by atoms with van der Waals surface area (Å²) in [5.41, 5.74) is 7.05. The van der Waals surface area contributed by atoms with Crippen LogP contribution in [0.3, 0.4) is 0 Å². The number of sulfone groups is 1. The molecule has 0 heterocycles. The topological polar surface area (TPSA) is 72.2 Å². The summed E-state index contributed by atoms with van der Waals surface area (Å²) in [6.45, 7) is 0.326. The summed E-state index contributed by atoms with van der Waals surface area (Å²) >= 11 is 0. The van der Waals surface area contributed by atoms with Crippen LogP contribution in [0.4, 0.5) is 20.2 Å². The molecule has 0 fully saturated rings. The zero-order valence-corrected chi connectivity index (χ0v) is 11.8. The molecule has 0 aromatic heterocycles. The van der Waals surface area contributed by atoms with E-state index in [4.69, 9.17) is 5.73 Å². The summed E-state index contributed by atoms with van der Waals surface area (Å²) in [6, 6.07) is 12.5. The van der Waals surface area contributed by atoms with E-state index in [1.165, 1.54) is 12.1 Å². The quantitative estimate of drug-likeness (QED) is 0.890. The molecule has 0 bridgehead atoms. The van der Waals surface area contributed by atoms with Gasteiger partial charge in [-0.05, 0) is 29.8 Å². The van der Waals surface area contributed by atoms with Gasteiger partial charge in [0.05, 0.1) is 10.6 Å². The molecule has 0 unspecified atom stereocenters. The molecule has 0 aliphatic heterocycles. The molecule has 0 saturated carbocycles. The number of para-hydroxylation sites is 1. The van der Waals surface area contributed by atoms with Crippen LogP contribution in [0.15, 0.2) is 53.4 Å².